The van der Waals surface area contributed by atoms with E-state index in [1.165, 1.54) is 12.4 Å². The van der Waals surface area contributed by atoms with Crippen LogP contribution >= 0.6 is 23.2 Å². The molecule has 72 valence electrons. The van der Waals surface area contributed by atoms with Crippen LogP contribution in [0.25, 0.3) is 0 Å². The van der Waals surface area contributed by atoms with E-state index in [0.717, 1.165) is 0 Å². The van der Waals surface area contributed by atoms with Crippen molar-refractivity contribution in [3.05, 3.63) is 23.2 Å². The molecule has 1 aromatic rings. The third-order valence-electron chi connectivity index (χ3n) is 1.43. The summed E-state index contributed by atoms with van der Waals surface area (Å²) in [6.45, 7) is 0. The van der Waals surface area contributed by atoms with E-state index in [-0.39, 0.29) is 11.7 Å². The Hall–Kier alpha value is -0.420. The Morgan fingerprint density at radius 2 is 1.85 bits per heavy atom. The lowest BCUT2D eigenvalue weighted by molar-refractivity contribution is 0.0270. The summed E-state index contributed by atoms with van der Waals surface area (Å²) in [7, 11) is 0. The second-order valence-corrected chi connectivity index (χ2v) is 3.17. The second-order valence-electron chi connectivity index (χ2n) is 2.43. The Morgan fingerprint density at radius 1 is 1.31 bits per heavy atom. The van der Waals surface area contributed by atoms with E-state index in [0.29, 0.717) is 5.02 Å². The van der Waals surface area contributed by atoms with Crippen LogP contribution in [0.3, 0.4) is 0 Å². The molecule has 2 atom stereocenters. The molecule has 0 bridgehead atoms. The highest BCUT2D eigenvalue weighted by molar-refractivity contribution is 6.30. The molecule has 2 unspecified atom stereocenters. The summed E-state index contributed by atoms with van der Waals surface area (Å²) in [5.74, 6) is 0.0326. The fourth-order valence-electron chi connectivity index (χ4n) is 0.731. The zero-order chi connectivity index (χ0) is 9.84. The predicted octanol–water partition coefficient (Wildman–Crippen LogP) is 0.763. The van der Waals surface area contributed by atoms with Gasteiger partial charge in [0.2, 0.25) is 0 Å². The first kappa shape index (κ1) is 10.7. The van der Waals surface area contributed by atoms with Crippen LogP contribution in [0.1, 0.15) is 11.9 Å². The zero-order valence-corrected chi connectivity index (χ0v) is 8.07. The van der Waals surface area contributed by atoms with Crippen molar-refractivity contribution in [1.82, 2.24) is 9.97 Å². The molecule has 1 aromatic heterocycles. The first-order chi connectivity index (χ1) is 6.15. The number of alkyl halides is 1. The summed E-state index contributed by atoms with van der Waals surface area (Å²) in [6.07, 6.45) is 0.444. The van der Waals surface area contributed by atoms with Gasteiger partial charge >= 0.3 is 0 Å². The highest BCUT2D eigenvalue weighted by Crippen LogP contribution is 2.14. The standard InChI is InChI=1S/C7H8Cl2N2O2/c8-1-5(12)6(13)7-10-2-4(9)3-11-7/h2-3,5-6,12-13H,1H2. The second kappa shape index (κ2) is 4.72. The molecule has 0 fully saturated rings. The van der Waals surface area contributed by atoms with Crippen LogP contribution in [0.4, 0.5) is 0 Å². The van der Waals surface area contributed by atoms with E-state index < -0.39 is 12.2 Å². The quantitative estimate of drug-likeness (QED) is 0.742. The monoisotopic (exact) mass is 222 g/mol. The number of hydrogen-bond acceptors (Lipinski definition) is 4. The van der Waals surface area contributed by atoms with Crippen molar-refractivity contribution in [2.75, 3.05) is 5.88 Å². The summed E-state index contributed by atoms with van der Waals surface area (Å²) < 4.78 is 0. The average Bonchev–Trinajstić information content (AvgIpc) is 2.17. The molecule has 2 N–H and O–H groups in total. The van der Waals surface area contributed by atoms with Crippen LogP contribution < -0.4 is 0 Å². The van der Waals surface area contributed by atoms with Gasteiger partial charge in [0.1, 0.15) is 12.2 Å². The molecule has 0 saturated carbocycles. The molecule has 0 spiro atoms. The van der Waals surface area contributed by atoms with E-state index in [1.54, 1.807) is 0 Å². The largest absolute Gasteiger partial charge is 0.389 e. The first-order valence-electron chi connectivity index (χ1n) is 3.54. The minimum absolute atomic E-state index is 0.0762. The molecule has 0 aromatic carbocycles. The van der Waals surface area contributed by atoms with Gasteiger partial charge in [-0.25, -0.2) is 9.97 Å². The fraction of sp³-hybridized carbons (Fsp3) is 0.429. The van der Waals surface area contributed by atoms with E-state index in [4.69, 9.17) is 28.3 Å². The molecular formula is C7H8Cl2N2O2. The maximum atomic E-state index is 9.38. The fourth-order valence-corrected chi connectivity index (χ4v) is 0.998. The van der Waals surface area contributed by atoms with Crippen LogP contribution in [-0.2, 0) is 0 Å². The van der Waals surface area contributed by atoms with Crippen LogP contribution in [0.5, 0.6) is 0 Å². The summed E-state index contributed by atoms with van der Waals surface area (Å²) in [4.78, 5) is 7.47. The third kappa shape index (κ3) is 2.77. The third-order valence-corrected chi connectivity index (χ3v) is 1.94. The van der Waals surface area contributed by atoms with Gasteiger partial charge in [-0.3, -0.25) is 0 Å². The predicted molar refractivity (Wildman–Crippen MR) is 48.7 cm³/mol. The lowest BCUT2D eigenvalue weighted by atomic mass is 10.2. The SMILES string of the molecule is OC(CCl)C(O)c1ncc(Cl)cn1. The van der Waals surface area contributed by atoms with Crippen molar-refractivity contribution in [3.8, 4) is 0 Å². The van der Waals surface area contributed by atoms with Crippen molar-refractivity contribution in [1.29, 1.82) is 0 Å². The summed E-state index contributed by atoms with van der Waals surface area (Å²) in [5, 5.41) is 18.9. The van der Waals surface area contributed by atoms with Crippen molar-refractivity contribution < 1.29 is 10.2 Å². The minimum Gasteiger partial charge on any atom is -0.389 e. The molecule has 0 saturated heterocycles. The van der Waals surface area contributed by atoms with E-state index >= 15 is 0 Å². The molecule has 0 aliphatic rings. The van der Waals surface area contributed by atoms with E-state index in [1.807, 2.05) is 0 Å². The topological polar surface area (TPSA) is 66.2 Å². The zero-order valence-electron chi connectivity index (χ0n) is 6.56. The number of hydrogen-bond donors (Lipinski definition) is 2. The van der Waals surface area contributed by atoms with Crippen molar-refractivity contribution in [3.63, 3.8) is 0 Å². The van der Waals surface area contributed by atoms with Crippen molar-refractivity contribution >= 4 is 23.2 Å². The van der Waals surface area contributed by atoms with Crippen LogP contribution in [0, 0.1) is 0 Å². The molecule has 0 aliphatic carbocycles. The van der Waals surface area contributed by atoms with Gasteiger partial charge in [0, 0.05) is 12.4 Å². The number of rotatable bonds is 3. The molecule has 0 amide bonds. The Kier molecular flexibility index (Phi) is 3.87. The van der Waals surface area contributed by atoms with Gasteiger partial charge < -0.3 is 10.2 Å². The molecule has 1 rings (SSSR count). The van der Waals surface area contributed by atoms with Gasteiger partial charge in [0.25, 0.3) is 0 Å². The number of aromatic nitrogens is 2. The average molecular weight is 223 g/mol. The van der Waals surface area contributed by atoms with Crippen molar-refractivity contribution in [2.24, 2.45) is 0 Å². The number of halogens is 2. The van der Waals surface area contributed by atoms with Gasteiger partial charge in [0.15, 0.2) is 5.82 Å². The van der Waals surface area contributed by atoms with Gasteiger partial charge in [-0.15, -0.1) is 11.6 Å². The molecular weight excluding hydrogens is 215 g/mol. The van der Waals surface area contributed by atoms with Gasteiger partial charge in [-0.05, 0) is 0 Å². The van der Waals surface area contributed by atoms with Crippen LogP contribution in [0.2, 0.25) is 5.02 Å². The molecule has 0 radical (unpaired) electrons. The van der Waals surface area contributed by atoms with E-state index in [9.17, 15) is 5.11 Å². The smallest absolute Gasteiger partial charge is 0.159 e. The number of aliphatic hydroxyl groups excluding tert-OH is 2. The first-order valence-corrected chi connectivity index (χ1v) is 4.46. The molecule has 6 heteroatoms. The van der Waals surface area contributed by atoms with Gasteiger partial charge in [-0.1, -0.05) is 11.6 Å². The summed E-state index contributed by atoms with van der Waals surface area (Å²) in [6, 6.07) is 0. The Morgan fingerprint density at radius 3 is 2.31 bits per heavy atom. The molecule has 1 heterocycles. The normalized spacial score (nSPS) is 15.4. The number of nitrogens with zero attached hydrogens (tertiary/aromatic N) is 2. The van der Waals surface area contributed by atoms with Crippen LogP contribution in [-0.4, -0.2) is 32.2 Å². The Bertz CT molecular complexity index is 268. The highest BCUT2D eigenvalue weighted by Gasteiger charge is 2.19. The van der Waals surface area contributed by atoms with Gasteiger partial charge in [-0.2, -0.15) is 0 Å². The van der Waals surface area contributed by atoms with Crippen LogP contribution in [0.15, 0.2) is 12.4 Å². The lowest BCUT2D eigenvalue weighted by Gasteiger charge is -2.12. The van der Waals surface area contributed by atoms with E-state index in [2.05, 4.69) is 9.97 Å². The summed E-state index contributed by atoms with van der Waals surface area (Å²) in [5.41, 5.74) is 0. The Balaban J connectivity index is 2.77. The van der Waals surface area contributed by atoms with Crippen molar-refractivity contribution in [2.45, 2.75) is 12.2 Å². The molecule has 13 heavy (non-hydrogen) atoms. The highest BCUT2D eigenvalue weighted by atomic mass is 35.5. The number of aliphatic hydroxyl groups is 2. The maximum absolute atomic E-state index is 9.38. The molecule has 4 nitrogen and oxygen atoms in total. The maximum Gasteiger partial charge on any atom is 0.159 e. The summed E-state index contributed by atoms with van der Waals surface area (Å²) >= 11 is 10.9. The van der Waals surface area contributed by atoms with Gasteiger partial charge in [0.05, 0.1) is 10.9 Å². The Labute approximate surface area is 85.2 Å². The molecule has 0 aliphatic heterocycles. The lowest BCUT2D eigenvalue weighted by Crippen LogP contribution is -2.21. The minimum atomic E-state index is -1.17.